The maximum absolute atomic E-state index is 11.0. The van der Waals surface area contributed by atoms with Gasteiger partial charge in [0.25, 0.3) is 0 Å². The lowest BCUT2D eigenvalue weighted by molar-refractivity contribution is -0.142. The molecule has 82 valence electrons. The van der Waals surface area contributed by atoms with E-state index in [4.69, 9.17) is 10.1 Å². The average Bonchev–Trinajstić information content (AvgIpc) is 2.11. The number of rotatable bonds is 7. The van der Waals surface area contributed by atoms with E-state index in [-0.39, 0.29) is 12.4 Å². The van der Waals surface area contributed by atoms with Gasteiger partial charge in [0.1, 0.15) is 6.61 Å². The molecular weight excluding hydrogens is 180 g/mol. The van der Waals surface area contributed by atoms with E-state index in [2.05, 4.69) is 18.7 Å². The highest BCUT2D eigenvalue weighted by Crippen LogP contribution is 1.91. The van der Waals surface area contributed by atoms with Crippen LogP contribution in [0.1, 0.15) is 27.2 Å². The van der Waals surface area contributed by atoms with Crippen LogP contribution in [0.15, 0.2) is 0 Å². The molecule has 4 nitrogen and oxygen atoms in total. The van der Waals surface area contributed by atoms with Gasteiger partial charge in [-0.05, 0) is 20.0 Å². The van der Waals surface area contributed by atoms with Crippen LogP contribution in [-0.2, 0) is 9.53 Å². The summed E-state index contributed by atoms with van der Waals surface area (Å²) in [5.74, 6) is -0.301. The van der Waals surface area contributed by atoms with Crippen molar-refractivity contribution in [3.63, 3.8) is 0 Å². The fraction of sp³-hybridized carbons (Fsp3) is 0.800. The number of nitrogens with zero attached hydrogens (tertiary/aromatic N) is 1. The normalized spacial score (nSPS) is 10.3. The third kappa shape index (κ3) is 6.60. The van der Waals surface area contributed by atoms with E-state index in [1.165, 1.54) is 0 Å². The maximum Gasteiger partial charge on any atom is 0.311 e. The van der Waals surface area contributed by atoms with E-state index >= 15 is 0 Å². The minimum atomic E-state index is -0.301. The van der Waals surface area contributed by atoms with Gasteiger partial charge in [0.05, 0.1) is 6.42 Å². The molecule has 4 heteroatoms. The summed E-state index contributed by atoms with van der Waals surface area (Å²) in [5, 5.41) is 7.11. The first-order valence-electron chi connectivity index (χ1n) is 5.02. The summed E-state index contributed by atoms with van der Waals surface area (Å²) in [6.07, 6.45) is 0.109. The fourth-order valence-electron chi connectivity index (χ4n) is 1.10. The first-order chi connectivity index (χ1) is 6.60. The molecule has 1 N–H and O–H groups in total. The number of ether oxygens (including phenoxy) is 1. The second-order valence-corrected chi connectivity index (χ2v) is 3.20. The van der Waals surface area contributed by atoms with Crippen LogP contribution < -0.4 is 0 Å². The molecule has 0 heterocycles. The average molecular weight is 200 g/mol. The van der Waals surface area contributed by atoms with Crippen molar-refractivity contribution >= 4 is 11.7 Å². The number of likely N-dealkylation sites (N-methyl/N-ethyl adjacent to an activating group) is 1. The number of hydrogen-bond donors (Lipinski definition) is 1. The minimum Gasteiger partial charge on any atom is -0.464 e. The Morgan fingerprint density at radius 1 is 1.36 bits per heavy atom. The Morgan fingerprint density at radius 2 is 1.93 bits per heavy atom. The quantitative estimate of drug-likeness (QED) is 0.498. The molecule has 0 spiro atoms. The number of hydrogen-bond acceptors (Lipinski definition) is 4. The van der Waals surface area contributed by atoms with Crippen LogP contribution in [0.5, 0.6) is 0 Å². The third-order valence-corrected chi connectivity index (χ3v) is 1.97. The van der Waals surface area contributed by atoms with Crippen LogP contribution in [0, 0.1) is 5.41 Å². The first-order valence-corrected chi connectivity index (χ1v) is 5.02. The molecule has 0 aliphatic rings. The smallest absolute Gasteiger partial charge is 0.311 e. The van der Waals surface area contributed by atoms with Crippen LogP contribution in [0.3, 0.4) is 0 Å². The molecule has 0 aromatic rings. The van der Waals surface area contributed by atoms with Gasteiger partial charge in [0.2, 0.25) is 0 Å². The van der Waals surface area contributed by atoms with Crippen molar-refractivity contribution in [2.45, 2.75) is 27.2 Å². The highest BCUT2D eigenvalue weighted by Gasteiger charge is 2.04. The van der Waals surface area contributed by atoms with E-state index in [1.54, 1.807) is 6.92 Å². The molecule has 14 heavy (non-hydrogen) atoms. The monoisotopic (exact) mass is 200 g/mol. The third-order valence-electron chi connectivity index (χ3n) is 1.97. The van der Waals surface area contributed by atoms with E-state index in [1.807, 2.05) is 0 Å². The van der Waals surface area contributed by atoms with Crippen molar-refractivity contribution in [3.05, 3.63) is 0 Å². The Hall–Kier alpha value is -0.900. The second kappa shape index (κ2) is 7.50. The Morgan fingerprint density at radius 3 is 2.36 bits per heavy atom. The molecule has 0 aromatic heterocycles. The molecule has 0 bridgehead atoms. The zero-order chi connectivity index (χ0) is 11.0. The summed E-state index contributed by atoms with van der Waals surface area (Å²) in [4.78, 5) is 13.2. The SMILES string of the molecule is CCN(CC)CCOC(=O)CC(C)=N. The molecule has 0 saturated heterocycles. The minimum absolute atomic E-state index is 0.109. The number of carbonyl (C=O) groups excluding carboxylic acids is 1. The number of esters is 1. The van der Waals surface area contributed by atoms with Crippen LogP contribution in [0.25, 0.3) is 0 Å². The second-order valence-electron chi connectivity index (χ2n) is 3.20. The van der Waals surface area contributed by atoms with Crippen molar-refractivity contribution in [2.24, 2.45) is 0 Å². The predicted octanol–water partition coefficient (Wildman–Crippen LogP) is 1.30. The highest BCUT2D eigenvalue weighted by molar-refractivity contribution is 5.95. The van der Waals surface area contributed by atoms with Gasteiger partial charge in [-0.3, -0.25) is 4.79 Å². The lowest BCUT2D eigenvalue weighted by Gasteiger charge is -2.17. The molecule has 0 aliphatic carbocycles. The predicted molar refractivity (Wildman–Crippen MR) is 56.8 cm³/mol. The van der Waals surface area contributed by atoms with E-state index in [0.717, 1.165) is 19.6 Å². The number of nitrogens with one attached hydrogen (secondary N) is 1. The topological polar surface area (TPSA) is 53.4 Å². The lowest BCUT2D eigenvalue weighted by Crippen LogP contribution is -2.28. The molecule has 0 atom stereocenters. The molecule has 0 aliphatic heterocycles. The number of carbonyl (C=O) groups is 1. The molecule has 0 radical (unpaired) electrons. The van der Waals surface area contributed by atoms with E-state index in [9.17, 15) is 4.79 Å². The largest absolute Gasteiger partial charge is 0.464 e. The fourth-order valence-corrected chi connectivity index (χ4v) is 1.10. The Balaban J connectivity index is 3.52. The summed E-state index contributed by atoms with van der Waals surface area (Å²) in [5.41, 5.74) is 0.345. The first kappa shape index (κ1) is 13.1. The van der Waals surface area contributed by atoms with Crippen LogP contribution >= 0.6 is 0 Å². The van der Waals surface area contributed by atoms with Gasteiger partial charge in [-0.1, -0.05) is 13.8 Å². The van der Waals surface area contributed by atoms with Crippen LogP contribution in [-0.4, -0.2) is 42.8 Å². The van der Waals surface area contributed by atoms with Crippen molar-refractivity contribution in [3.8, 4) is 0 Å². The summed E-state index contributed by atoms with van der Waals surface area (Å²) in [7, 11) is 0. The molecule has 0 aromatic carbocycles. The van der Waals surface area contributed by atoms with Crippen molar-refractivity contribution in [2.75, 3.05) is 26.2 Å². The van der Waals surface area contributed by atoms with Gasteiger partial charge in [-0.25, -0.2) is 0 Å². The maximum atomic E-state index is 11.0. The summed E-state index contributed by atoms with van der Waals surface area (Å²) in [6, 6.07) is 0. The summed E-state index contributed by atoms with van der Waals surface area (Å²) in [6.45, 7) is 8.89. The molecule has 0 saturated carbocycles. The molecule has 0 rings (SSSR count). The van der Waals surface area contributed by atoms with Gasteiger partial charge >= 0.3 is 5.97 Å². The van der Waals surface area contributed by atoms with Gasteiger partial charge < -0.3 is 15.0 Å². The molecule has 0 fully saturated rings. The van der Waals surface area contributed by atoms with E-state index in [0.29, 0.717) is 12.3 Å². The Bertz CT molecular complexity index is 189. The van der Waals surface area contributed by atoms with Crippen molar-refractivity contribution in [1.82, 2.24) is 4.90 Å². The molecule has 0 amide bonds. The lowest BCUT2D eigenvalue weighted by atomic mass is 10.3. The highest BCUT2D eigenvalue weighted by atomic mass is 16.5. The zero-order valence-electron chi connectivity index (χ0n) is 9.30. The summed E-state index contributed by atoms with van der Waals surface area (Å²) >= 11 is 0. The standard InChI is InChI=1S/C10H20N2O2/c1-4-12(5-2)6-7-14-10(13)8-9(3)11/h11H,4-8H2,1-3H3. The van der Waals surface area contributed by atoms with E-state index < -0.39 is 0 Å². The molecular formula is C10H20N2O2. The van der Waals surface area contributed by atoms with Crippen molar-refractivity contribution in [1.29, 1.82) is 5.41 Å². The van der Waals surface area contributed by atoms with Gasteiger partial charge in [0, 0.05) is 12.3 Å². The van der Waals surface area contributed by atoms with Crippen molar-refractivity contribution < 1.29 is 9.53 Å². The zero-order valence-corrected chi connectivity index (χ0v) is 9.30. The molecule has 0 unspecified atom stereocenters. The van der Waals surface area contributed by atoms with Gasteiger partial charge in [0.15, 0.2) is 0 Å². The van der Waals surface area contributed by atoms with Gasteiger partial charge in [-0.15, -0.1) is 0 Å². The van der Waals surface area contributed by atoms with Crippen LogP contribution in [0.2, 0.25) is 0 Å². The van der Waals surface area contributed by atoms with Crippen LogP contribution in [0.4, 0.5) is 0 Å². The van der Waals surface area contributed by atoms with Gasteiger partial charge in [-0.2, -0.15) is 0 Å². The summed E-state index contributed by atoms with van der Waals surface area (Å²) < 4.78 is 4.97. The Kier molecular flexibility index (Phi) is 7.02. The Labute approximate surface area is 85.7 Å².